The Kier molecular flexibility index (Phi) is 4.65. The fourth-order valence-electron chi connectivity index (χ4n) is 1.90. The molecule has 98 valence electrons. The molecule has 0 N–H and O–H groups in total. The van der Waals surface area contributed by atoms with Gasteiger partial charge in [0.1, 0.15) is 5.82 Å². The van der Waals surface area contributed by atoms with Crippen LogP contribution in [0, 0.1) is 12.7 Å². The molecule has 1 aromatic carbocycles. The van der Waals surface area contributed by atoms with E-state index in [1.807, 2.05) is 18.7 Å². The first kappa shape index (κ1) is 14.4. The Morgan fingerprint density at radius 1 is 1.39 bits per heavy atom. The molecule has 0 atom stereocenters. The molecule has 0 heterocycles. The Morgan fingerprint density at radius 2 is 2.00 bits per heavy atom. The predicted molar refractivity (Wildman–Crippen MR) is 73.8 cm³/mol. The van der Waals surface area contributed by atoms with E-state index in [0.29, 0.717) is 17.7 Å². The number of hydrogen-bond donors (Lipinski definition) is 0. The van der Waals surface area contributed by atoms with Gasteiger partial charge in [0.2, 0.25) is 0 Å². The summed E-state index contributed by atoms with van der Waals surface area (Å²) < 4.78 is 13.6. The van der Waals surface area contributed by atoms with E-state index >= 15 is 0 Å². The summed E-state index contributed by atoms with van der Waals surface area (Å²) >= 11 is 0. The van der Waals surface area contributed by atoms with Gasteiger partial charge in [0.05, 0.1) is 0 Å². The van der Waals surface area contributed by atoms with Crippen LogP contribution >= 0.6 is 0 Å². The largest absolute Gasteiger partial charge is 0.367 e. The average Bonchev–Trinajstić information content (AvgIpc) is 2.28. The highest BCUT2D eigenvalue weighted by atomic mass is 19.1. The number of ketones is 1. The number of Topliss-reactive ketones (excluding diaryl/α,β-unsaturated/α-hetero) is 1. The summed E-state index contributed by atoms with van der Waals surface area (Å²) in [5.74, 6) is -0.459. The lowest BCUT2D eigenvalue weighted by Gasteiger charge is -2.26. The molecule has 0 aromatic heterocycles. The molecule has 0 fully saturated rings. The molecule has 3 heteroatoms. The molecule has 0 saturated carbocycles. The van der Waals surface area contributed by atoms with Gasteiger partial charge in [0, 0.05) is 24.3 Å². The normalized spacial score (nSPS) is 10.3. The fourth-order valence-corrected chi connectivity index (χ4v) is 1.90. The molecule has 1 rings (SSSR count). The highest BCUT2D eigenvalue weighted by Gasteiger charge is 2.15. The van der Waals surface area contributed by atoms with Crippen molar-refractivity contribution in [2.75, 3.05) is 18.0 Å². The maximum absolute atomic E-state index is 13.6. The van der Waals surface area contributed by atoms with Crippen molar-refractivity contribution in [2.45, 2.75) is 27.7 Å². The minimum atomic E-state index is -0.338. The van der Waals surface area contributed by atoms with E-state index in [9.17, 15) is 9.18 Å². The van der Waals surface area contributed by atoms with Crippen LogP contribution in [0.5, 0.6) is 0 Å². The molecule has 18 heavy (non-hydrogen) atoms. The van der Waals surface area contributed by atoms with Gasteiger partial charge in [-0.1, -0.05) is 12.2 Å². The molecule has 1 aromatic rings. The standard InChI is InChI=1S/C15H20FNO/c1-6-17(9-10(2)3)15-7-11(4)14(16)8-13(15)12(5)18/h7-8H,2,6,9H2,1,3-5H3. The first-order valence-corrected chi connectivity index (χ1v) is 6.07. The van der Waals surface area contributed by atoms with E-state index in [1.165, 1.54) is 13.0 Å². The second-order valence-corrected chi connectivity index (χ2v) is 4.65. The van der Waals surface area contributed by atoms with Crippen molar-refractivity contribution in [3.05, 3.63) is 41.2 Å². The van der Waals surface area contributed by atoms with Crippen LogP contribution in [0.25, 0.3) is 0 Å². The van der Waals surface area contributed by atoms with Crippen molar-refractivity contribution in [3.63, 3.8) is 0 Å². The van der Waals surface area contributed by atoms with E-state index in [1.54, 1.807) is 13.0 Å². The van der Waals surface area contributed by atoms with Gasteiger partial charge in [-0.3, -0.25) is 4.79 Å². The van der Waals surface area contributed by atoms with Crippen LogP contribution in [0.4, 0.5) is 10.1 Å². The quantitative estimate of drug-likeness (QED) is 0.585. The molecule has 0 aliphatic rings. The Bertz CT molecular complexity index is 480. The summed E-state index contributed by atoms with van der Waals surface area (Å²) in [5, 5.41) is 0. The number of anilines is 1. The van der Waals surface area contributed by atoms with E-state index in [0.717, 1.165) is 17.8 Å². The maximum atomic E-state index is 13.6. The summed E-state index contributed by atoms with van der Waals surface area (Å²) in [6, 6.07) is 3.06. The van der Waals surface area contributed by atoms with Crippen LogP contribution < -0.4 is 4.90 Å². The third-order valence-corrected chi connectivity index (χ3v) is 2.84. The molecule has 0 radical (unpaired) electrons. The van der Waals surface area contributed by atoms with Crippen molar-refractivity contribution >= 4 is 11.5 Å². The molecule has 0 bridgehead atoms. The molecule has 0 amide bonds. The minimum Gasteiger partial charge on any atom is -0.367 e. The third kappa shape index (κ3) is 3.19. The van der Waals surface area contributed by atoms with Crippen LogP contribution in [0.2, 0.25) is 0 Å². The first-order chi connectivity index (χ1) is 8.36. The van der Waals surface area contributed by atoms with Crippen LogP contribution in [-0.2, 0) is 0 Å². The lowest BCUT2D eigenvalue weighted by Crippen LogP contribution is -2.26. The van der Waals surface area contributed by atoms with E-state index < -0.39 is 0 Å². The summed E-state index contributed by atoms with van der Waals surface area (Å²) in [4.78, 5) is 13.7. The fraction of sp³-hybridized carbons (Fsp3) is 0.400. The van der Waals surface area contributed by atoms with Crippen molar-refractivity contribution < 1.29 is 9.18 Å². The van der Waals surface area contributed by atoms with Gasteiger partial charge in [-0.05, 0) is 45.4 Å². The van der Waals surface area contributed by atoms with Gasteiger partial charge >= 0.3 is 0 Å². The zero-order valence-electron chi connectivity index (χ0n) is 11.5. The van der Waals surface area contributed by atoms with Gasteiger partial charge in [-0.2, -0.15) is 0 Å². The Balaban J connectivity index is 3.31. The second kappa shape index (κ2) is 5.80. The van der Waals surface area contributed by atoms with E-state index in [2.05, 4.69) is 6.58 Å². The first-order valence-electron chi connectivity index (χ1n) is 6.07. The van der Waals surface area contributed by atoms with Gasteiger partial charge < -0.3 is 4.90 Å². The van der Waals surface area contributed by atoms with Crippen LogP contribution in [0.3, 0.4) is 0 Å². The number of rotatable bonds is 5. The highest BCUT2D eigenvalue weighted by molar-refractivity contribution is 6.00. The zero-order valence-corrected chi connectivity index (χ0v) is 11.5. The van der Waals surface area contributed by atoms with Crippen LogP contribution in [-0.4, -0.2) is 18.9 Å². The summed E-state index contributed by atoms with van der Waals surface area (Å²) in [6.45, 7) is 12.4. The molecular weight excluding hydrogens is 229 g/mol. The number of hydrogen-bond acceptors (Lipinski definition) is 2. The molecule has 0 aliphatic heterocycles. The molecular formula is C15H20FNO. The van der Waals surface area contributed by atoms with Crippen molar-refractivity contribution in [1.82, 2.24) is 0 Å². The molecule has 0 saturated heterocycles. The van der Waals surface area contributed by atoms with Crippen molar-refractivity contribution in [3.8, 4) is 0 Å². The number of likely N-dealkylation sites (N-methyl/N-ethyl adjacent to an activating group) is 1. The number of benzene rings is 1. The maximum Gasteiger partial charge on any atom is 0.161 e. The number of aryl methyl sites for hydroxylation is 1. The monoisotopic (exact) mass is 249 g/mol. The molecule has 2 nitrogen and oxygen atoms in total. The predicted octanol–water partition coefficient (Wildman–Crippen LogP) is 3.74. The second-order valence-electron chi connectivity index (χ2n) is 4.65. The summed E-state index contributed by atoms with van der Waals surface area (Å²) in [5.41, 5.74) is 2.77. The van der Waals surface area contributed by atoms with Crippen molar-refractivity contribution in [1.29, 1.82) is 0 Å². The average molecular weight is 249 g/mol. The SMILES string of the molecule is C=C(C)CN(CC)c1cc(C)c(F)cc1C(C)=O. The number of carbonyl (C=O) groups is 1. The van der Waals surface area contributed by atoms with Crippen LogP contribution in [0.1, 0.15) is 36.7 Å². The topological polar surface area (TPSA) is 20.3 Å². The molecule has 0 spiro atoms. The Hall–Kier alpha value is -1.64. The zero-order chi connectivity index (χ0) is 13.9. The van der Waals surface area contributed by atoms with Gasteiger partial charge in [-0.15, -0.1) is 0 Å². The van der Waals surface area contributed by atoms with Gasteiger partial charge in [0.25, 0.3) is 0 Å². The Morgan fingerprint density at radius 3 is 2.44 bits per heavy atom. The highest BCUT2D eigenvalue weighted by Crippen LogP contribution is 2.25. The molecule has 0 aliphatic carbocycles. The lowest BCUT2D eigenvalue weighted by atomic mass is 10.0. The van der Waals surface area contributed by atoms with Crippen molar-refractivity contribution in [2.24, 2.45) is 0 Å². The Labute approximate surface area is 108 Å². The number of nitrogens with zero attached hydrogens (tertiary/aromatic N) is 1. The third-order valence-electron chi connectivity index (χ3n) is 2.84. The van der Waals surface area contributed by atoms with Gasteiger partial charge in [-0.25, -0.2) is 4.39 Å². The lowest BCUT2D eigenvalue weighted by molar-refractivity contribution is 0.101. The summed E-state index contributed by atoms with van der Waals surface area (Å²) in [7, 11) is 0. The molecule has 0 unspecified atom stereocenters. The van der Waals surface area contributed by atoms with Gasteiger partial charge in [0.15, 0.2) is 5.78 Å². The van der Waals surface area contributed by atoms with E-state index in [4.69, 9.17) is 0 Å². The van der Waals surface area contributed by atoms with Crippen LogP contribution in [0.15, 0.2) is 24.3 Å². The summed E-state index contributed by atoms with van der Waals surface area (Å²) in [6.07, 6.45) is 0. The van der Waals surface area contributed by atoms with E-state index in [-0.39, 0.29) is 11.6 Å². The number of carbonyl (C=O) groups excluding carboxylic acids is 1. The number of halogens is 1. The smallest absolute Gasteiger partial charge is 0.161 e. The minimum absolute atomic E-state index is 0.121.